The van der Waals surface area contributed by atoms with Crippen LogP contribution < -0.4 is 5.32 Å². The summed E-state index contributed by atoms with van der Waals surface area (Å²) in [5, 5.41) is 12.6. The van der Waals surface area contributed by atoms with Crippen molar-refractivity contribution in [1.29, 1.82) is 0 Å². The largest absolute Gasteiger partial charge is 0.323 e. The smallest absolute Gasteiger partial charge is 0.247 e. The van der Waals surface area contributed by atoms with Crippen LogP contribution in [0.3, 0.4) is 0 Å². The zero-order chi connectivity index (χ0) is 22.6. The van der Waals surface area contributed by atoms with Crippen molar-refractivity contribution in [2.75, 3.05) is 25.0 Å². The molecule has 0 aliphatic carbocycles. The number of nitrogens with one attached hydrogen (secondary N) is 1. The van der Waals surface area contributed by atoms with E-state index in [1.54, 1.807) is 0 Å². The Kier molecular flexibility index (Phi) is 6.39. The first kappa shape index (κ1) is 21.6. The van der Waals surface area contributed by atoms with Gasteiger partial charge in [-0.05, 0) is 81.1 Å². The summed E-state index contributed by atoms with van der Waals surface area (Å²) >= 11 is 0. The van der Waals surface area contributed by atoms with E-state index >= 15 is 0 Å². The minimum atomic E-state index is 0.548. The predicted molar refractivity (Wildman–Crippen MR) is 133 cm³/mol. The predicted octanol–water partition coefficient (Wildman–Crippen LogP) is 5.02. The average molecular weight is 444 g/mol. The molecule has 33 heavy (non-hydrogen) atoms. The van der Waals surface area contributed by atoms with E-state index < -0.39 is 0 Å². The van der Waals surface area contributed by atoms with Crippen LogP contribution in [0, 0.1) is 5.92 Å². The van der Waals surface area contributed by atoms with E-state index in [1.165, 1.54) is 44.5 Å². The molecule has 4 heterocycles. The molecule has 1 aromatic carbocycles. The molecule has 3 aromatic heterocycles. The molecule has 1 aliphatic rings. The number of benzene rings is 1. The number of likely N-dealkylation sites (tertiary alicyclic amines) is 1. The van der Waals surface area contributed by atoms with Gasteiger partial charge in [0.15, 0.2) is 5.65 Å². The molecular weight excluding hydrogens is 410 g/mol. The minimum absolute atomic E-state index is 0.548. The maximum absolute atomic E-state index is 4.72. The van der Waals surface area contributed by atoms with Gasteiger partial charge >= 0.3 is 0 Å². The molecule has 5 rings (SSSR count). The van der Waals surface area contributed by atoms with Crippen LogP contribution in [-0.2, 0) is 13.0 Å². The van der Waals surface area contributed by atoms with Gasteiger partial charge in [0, 0.05) is 24.0 Å². The van der Waals surface area contributed by atoms with E-state index in [1.807, 2.05) is 27.5 Å². The number of rotatable bonds is 9. The highest BCUT2D eigenvalue weighted by atomic mass is 15.4. The quantitative estimate of drug-likeness (QED) is 0.393. The van der Waals surface area contributed by atoms with Crippen LogP contribution in [0.15, 0.2) is 54.9 Å². The van der Waals surface area contributed by atoms with Crippen LogP contribution in [-0.4, -0.2) is 48.9 Å². The molecule has 0 spiro atoms. The van der Waals surface area contributed by atoms with Gasteiger partial charge in [0.05, 0.1) is 11.9 Å². The van der Waals surface area contributed by atoms with Gasteiger partial charge < -0.3 is 10.2 Å². The molecule has 0 radical (unpaired) electrons. The van der Waals surface area contributed by atoms with E-state index in [4.69, 9.17) is 5.10 Å². The van der Waals surface area contributed by atoms with Crippen LogP contribution in [0.5, 0.6) is 0 Å². The third-order valence-electron chi connectivity index (χ3n) is 6.19. The maximum atomic E-state index is 4.72. The standard InChI is InChI=1S/C26H33N7/c1-20(2)18-32-19-22(17-27-32)24-8-5-9-25-29-26(30-33(24)25)28-23-12-10-21(11-13-23)7-6-16-31-14-3-4-15-31/h5,8-13,17,19-20H,3-4,6-7,14-16,18H2,1-2H3,(H,28,30). The summed E-state index contributed by atoms with van der Waals surface area (Å²) in [4.78, 5) is 7.25. The second kappa shape index (κ2) is 9.75. The topological polar surface area (TPSA) is 63.3 Å². The summed E-state index contributed by atoms with van der Waals surface area (Å²) in [7, 11) is 0. The van der Waals surface area contributed by atoms with Crippen molar-refractivity contribution in [3.8, 4) is 11.3 Å². The van der Waals surface area contributed by atoms with Crippen molar-refractivity contribution in [2.24, 2.45) is 5.92 Å². The molecular formula is C26H33N7. The Balaban J connectivity index is 1.25. The van der Waals surface area contributed by atoms with E-state index in [0.717, 1.165) is 35.6 Å². The van der Waals surface area contributed by atoms with Crippen molar-refractivity contribution < 1.29 is 0 Å². The summed E-state index contributed by atoms with van der Waals surface area (Å²) < 4.78 is 3.87. The van der Waals surface area contributed by atoms with E-state index in [9.17, 15) is 0 Å². The zero-order valence-electron chi connectivity index (χ0n) is 19.6. The lowest BCUT2D eigenvalue weighted by molar-refractivity contribution is 0.334. The average Bonchev–Trinajstić information content (AvgIpc) is 3.55. The fourth-order valence-corrected chi connectivity index (χ4v) is 4.54. The third-order valence-corrected chi connectivity index (χ3v) is 6.19. The summed E-state index contributed by atoms with van der Waals surface area (Å²) in [5.74, 6) is 1.14. The fraction of sp³-hybridized carbons (Fsp3) is 0.423. The fourth-order valence-electron chi connectivity index (χ4n) is 4.54. The first-order valence-electron chi connectivity index (χ1n) is 12.1. The van der Waals surface area contributed by atoms with Crippen molar-refractivity contribution >= 4 is 17.3 Å². The lowest BCUT2D eigenvalue weighted by Gasteiger charge is -2.14. The van der Waals surface area contributed by atoms with Crippen molar-refractivity contribution in [3.05, 3.63) is 60.4 Å². The third kappa shape index (κ3) is 5.25. The molecule has 1 N–H and O–H groups in total. The Bertz CT molecular complexity index is 1180. The number of pyridine rings is 1. The Morgan fingerprint density at radius 3 is 2.64 bits per heavy atom. The van der Waals surface area contributed by atoms with Crippen LogP contribution >= 0.6 is 0 Å². The number of hydrogen-bond acceptors (Lipinski definition) is 5. The van der Waals surface area contributed by atoms with Gasteiger partial charge in [-0.15, -0.1) is 5.10 Å². The number of fused-ring (bicyclic) bond motifs is 1. The van der Waals surface area contributed by atoms with Crippen molar-refractivity contribution in [3.63, 3.8) is 0 Å². The first-order chi connectivity index (χ1) is 16.1. The first-order valence-corrected chi connectivity index (χ1v) is 12.1. The highest BCUT2D eigenvalue weighted by Gasteiger charge is 2.12. The molecule has 0 atom stereocenters. The molecule has 0 unspecified atom stereocenters. The van der Waals surface area contributed by atoms with Crippen LogP contribution in [0.1, 0.15) is 38.7 Å². The number of hydrogen-bond donors (Lipinski definition) is 1. The summed E-state index contributed by atoms with van der Waals surface area (Å²) in [6.07, 6.45) is 9.04. The number of nitrogens with zero attached hydrogens (tertiary/aromatic N) is 6. The number of anilines is 2. The summed E-state index contributed by atoms with van der Waals surface area (Å²) in [6.45, 7) is 9.04. The molecule has 0 amide bonds. The lowest BCUT2D eigenvalue weighted by atomic mass is 10.1. The van der Waals surface area contributed by atoms with Crippen LogP contribution in [0.25, 0.3) is 16.9 Å². The molecule has 1 fully saturated rings. The number of aryl methyl sites for hydroxylation is 1. The zero-order valence-corrected chi connectivity index (χ0v) is 19.6. The van der Waals surface area contributed by atoms with Crippen molar-refractivity contribution in [1.82, 2.24) is 29.3 Å². The van der Waals surface area contributed by atoms with E-state index in [0.29, 0.717) is 11.9 Å². The van der Waals surface area contributed by atoms with Gasteiger partial charge in [-0.3, -0.25) is 4.68 Å². The SMILES string of the molecule is CC(C)Cn1cc(-c2cccc3nc(Nc4ccc(CCCN5CCCC5)cc4)nn23)cn1. The Morgan fingerprint density at radius 2 is 1.85 bits per heavy atom. The van der Waals surface area contributed by atoms with E-state index in [2.05, 4.69) is 70.7 Å². The Hall–Kier alpha value is -3.19. The van der Waals surface area contributed by atoms with Gasteiger partial charge in [-0.1, -0.05) is 32.0 Å². The highest BCUT2D eigenvalue weighted by molar-refractivity contribution is 5.63. The second-order valence-corrected chi connectivity index (χ2v) is 9.44. The Labute approximate surface area is 195 Å². The molecule has 7 nitrogen and oxygen atoms in total. The van der Waals surface area contributed by atoms with Gasteiger partial charge in [-0.2, -0.15) is 10.1 Å². The summed E-state index contributed by atoms with van der Waals surface area (Å²) in [6, 6.07) is 14.7. The molecule has 7 heteroatoms. The van der Waals surface area contributed by atoms with Crippen LogP contribution in [0.4, 0.5) is 11.6 Å². The second-order valence-electron chi connectivity index (χ2n) is 9.44. The Morgan fingerprint density at radius 1 is 1.03 bits per heavy atom. The van der Waals surface area contributed by atoms with Crippen LogP contribution in [0.2, 0.25) is 0 Å². The lowest BCUT2D eigenvalue weighted by Crippen LogP contribution is -2.20. The minimum Gasteiger partial charge on any atom is -0.323 e. The monoisotopic (exact) mass is 443 g/mol. The van der Waals surface area contributed by atoms with Gasteiger partial charge in [0.25, 0.3) is 0 Å². The van der Waals surface area contributed by atoms with Gasteiger partial charge in [0.1, 0.15) is 0 Å². The molecule has 1 aliphatic heterocycles. The molecule has 4 aromatic rings. The maximum Gasteiger partial charge on any atom is 0.247 e. The normalized spacial score (nSPS) is 14.5. The van der Waals surface area contributed by atoms with Gasteiger partial charge in [0.2, 0.25) is 5.95 Å². The molecule has 172 valence electrons. The van der Waals surface area contributed by atoms with Gasteiger partial charge in [-0.25, -0.2) is 4.52 Å². The molecule has 0 saturated carbocycles. The highest BCUT2D eigenvalue weighted by Crippen LogP contribution is 2.22. The van der Waals surface area contributed by atoms with Crippen molar-refractivity contribution in [2.45, 2.75) is 46.1 Å². The number of aromatic nitrogens is 5. The molecule has 0 bridgehead atoms. The molecule has 1 saturated heterocycles. The van der Waals surface area contributed by atoms with E-state index in [-0.39, 0.29) is 0 Å². The summed E-state index contributed by atoms with van der Waals surface area (Å²) in [5.41, 5.74) is 5.21.